The molecule has 0 saturated carbocycles. The normalized spacial score (nSPS) is 12.6. The Kier molecular flexibility index (Phi) is 4.52. The minimum atomic E-state index is -4.43. The summed E-state index contributed by atoms with van der Waals surface area (Å²) in [4.78, 5) is 9.24. The van der Waals surface area contributed by atoms with E-state index in [-0.39, 0.29) is 4.90 Å². The molecule has 0 spiro atoms. The van der Waals surface area contributed by atoms with Crippen molar-refractivity contribution < 1.29 is 31.1 Å². The maximum absolute atomic E-state index is 13.6. The molecule has 20 heavy (non-hydrogen) atoms. The molecule has 0 aliphatic rings. The van der Waals surface area contributed by atoms with Crippen molar-refractivity contribution in [3.05, 3.63) is 24.0 Å². The summed E-state index contributed by atoms with van der Waals surface area (Å²) in [6.45, 7) is -0.870. The Balaban J connectivity index is 3.42. The summed E-state index contributed by atoms with van der Waals surface area (Å²) in [5.41, 5.74) is 0. The number of halogens is 1. The molecule has 0 aliphatic carbocycles. The third-order valence-electron chi connectivity index (χ3n) is 2.38. The van der Waals surface area contributed by atoms with Crippen molar-refractivity contribution in [2.75, 3.05) is 19.8 Å². The molecule has 0 saturated heterocycles. The Bertz CT molecular complexity index is 741. The van der Waals surface area contributed by atoms with Gasteiger partial charge in [-0.2, -0.15) is 4.31 Å². The van der Waals surface area contributed by atoms with Crippen LogP contribution in [-0.4, -0.2) is 52.1 Å². The molecule has 112 valence electrons. The average molecular weight is 325 g/mol. The predicted molar refractivity (Wildman–Crippen MR) is 67.0 cm³/mol. The van der Waals surface area contributed by atoms with Crippen LogP contribution in [0.4, 0.5) is 4.39 Å². The topological polar surface area (TPSA) is 109 Å². The van der Waals surface area contributed by atoms with Crippen molar-refractivity contribution in [2.45, 2.75) is 9.79 Å². The van der Waals surface area contributed by atoms with Gasteiger partial charge < -0.3 is 5.11 Å². The van der Waals surface area contributed by atoms with Crippen molar-refractivity contribution in [3.63, 3.8) is 0 Å². The van der Waals surface area contributed by atoms with Gasteiger partial charge in [0.2, 0.25) is 10.0 Å². The molecule has 1 rings (SSSR count). The molecule has 0 heterocycles. The quantitative estimate of drug-likeness (QED) is 0.759. The molecule has 0 radical (unpaired) electrons. The molecule has 7 nitrogen and oxygen atoms in total. The Labute approximate surface area is 115 Å². The van der Waals surface area contributed by atoms with Gasteiger partial charge in [-0.05, 0) is 18.2 Å². The van der Waals surface area contributed by atoms with Crippen LogP contribution in [0, 0.1) is 5.82 Å². The minimum absolute atomic E-state index is 0.374. The Morgan fingerprint density at radius 1 is 1.30 bits per heavy atom. The molecular weight excluding hydrogens is 313 g/mol. The third-order valence-corrected chi connectivity index (χ3v) is 5.31. The molecule has 0 unspecified atom stereocenters. The van der Waals surface area contributed by atoms with Gasteiger partial charge in [-0.15, -0.1) is 0 Å². The SMILES string of the molecule is CN(CC(=O)O)S(=O)(=O)c1cc(S(C)(=O)=O)ccc1F. The number of hydrogen-bond donors (Lipinski definition) is 1. The largest absolute Gasteiger partial charge is 0.480 e. The van der Waals surface area contributed by atoms with Crippen LogP contribution in [0.1, 0.15) is 0 Å². The highest BCUT2D eigenvalue weighted by Crippen LogP contribution is 2.22. The van der Waals surface area contributed by atoms with Crippen molar-refractivity contribution in [3.8, 4) is 0 Å². The second-order valence-corrected chi connectivity index (χ2v) is 8.05. The first kappa shape index (κ1) is 16.5. The molecule has 1 aromatic carbocycles. The van der Waals surface area contributed by atoms with Crippen molar-refractivity contribution in [2.24, 2.45) is 0 Å². The second kappa shape index (κ2) is 5.46. The zero-order valence-electron chi connectivity index (χ0n) is 10.6. The van der Waals surface area contributed by atoms with E-state index in [4.69, 9.17) is 5.11 Å². The number of benzene rings is 1. The maximum Gasteiger partial charge on any atom is 0.318 e. The van der Waals surface area contributed by atoms with Crippen LogP contribution in [0.5, 0.6) is 0 Å². The summed E-state index contributed by atoms with van der Waals surface area (Å²) in [6.07, 6.45) is 0.845. The highest BCUT2D eigenvalue weighted by molar-refractivity contribution is 7.91. The molecular formula is C10H12FNO6S2. The van der Waals surface area contributed by atoms with Crippen LogP contribution in [0.2, 0.25) is 0 Å². The van der Waals surface area contributed by atoms with Crippen LogP contribution in [0.15, 0.2) is 28.0 Å². The standard InChI is InChI=1S/C10H12FNO6S2/c1-12(6-10(13)14)20(17,18)9-5-7(19(2,15)16)3-4-8(9)11/h3-5H,6H2,1-2H3,(H,13,14). The van der Waals surface area contributed by atoms with E-state index in [9.17, 15) is 26.0 Å². The van der Waals surface area contributed by atoms with Gasteiger partial charge in [-0.3, -0.25) is 4.79 Å². The number of sulfonamides is 1. The van der Waals surface area contributed by atoms with Crippen LogP contribution < -0.4 is 0 Å². The van der Waals surface area contributed by atoms with Crippen LogP contribution in [0.25, 0.3) is 0 Å². The van der Waals surface area contributed by atoms with Gasteiger partial charge >= 0.3 is 5.97 Å². The highest BCUT2D eigenvalue weighted by Gasteiger charge is 2.27. The lowest BCUT2D eigenvalue weighted by atomic mass is 10.3. The number of sulfone groups is 1. The lowest BCUT2D eigenvalue weighted by molar-refractivity contribution is -0.137. The fraction of sp³-hybridized carbons (Fsp3) is 0.300. The Morgan fingerprint density at radius 2 is 1.85 bits per heavy atom. The number of carboxylic acids is 1. The molecule has 0 atom stereocenters. The van der Waals surface area contributed by atoms with E-state index in [1.165, 1.54) is 0 Å². The molecule has 0 aromatic heterocycles. The number of hydrogen-bond acceptors (Lipinski definition) is 5. The summed E-state index contributed by atoms with van der Waals surface area (Å²) in [5.74, 6) is -2.58. The molecule has 1 N–H and O–H groups in total. The van der Waals surface area contributed by atoms with Gasteiger partial charge in [0, 0.05) is 13.3 Å². The van der Waals surface area contributed by atoms with E-state index in [1.807, 2.05) is 0 Å². The number of likely N-dealkylation sites (N-methyl/N-ethyl adjacent to an activating group) is 1. The molecule has 0 aliphatic heterocycles. The van der Waals surface area contributed by atoms with E-state index >= 15 is 0 Å². The summed E-state index contributed by atoms with van der Waals surface area (Å²) < 4.78 is 60.7. The van der Waals surface area contributed by atoms with Gasteiger partial charge in [-0.1, -0.05) is 0 Å². The van der Waals surface area contributed by atoms with E-state index in [1.54, 1.807) is 0 Å². The van der Waals surface area contributed by atoms with Crippen LogP contribution in [-0.2, 0) is 24.7 Å². The summed E-state index contributed by atoms with van der Waals surface area (Å²) in [6, 6.07) is 2.30. The first-order chi connectivity index (χ1) is 8.96. The Morgan fingerprint density at radius 3 is 2.30 bits per heavy atom. The molecule has 0 fully saturated rings. The smallest absolute Gasteiger partial charge is 0.318 e. The van der Waals surface area contributed by atoms with Gasteiger partial charge in [0.1, 0.15) is 17.3 Å². The van der Waals surface area contributed by atoms with Crippen LogP contribution in [0.3, 0.4) is 0 Å². The first-order valence-electron chi connectivity index (χ1n) is 5.14. The zero-order chi connectivity index (χ0) is 15.7. The van der Waals surface area contributed by atoms with Crippen molar-refractivity contribution in [1.82, 2.24) is 4.31 Å². The molecule has 0 amide bonds. The van der Waals surface area contributed by atoms with Gasteiger partial charge in [0.05, 0.1) is 4.90 Å². The summed E-state index contributed by atoms with van der Waals surface area (Å²) in [7, 11) is -7.20. The van der Waals surface area contributed by atoms with Crippen molar-refractivity contribution in [1.29, 1.82) is 0 Å². The van der Waals surface area contributed by atoms with E-state index in [2.05, 4.69) is 0 Å². The van der Waals surface area contributed by atoms with E-state index < -0.39 is 43.1 Å². The second-order valence-electron chi connectivity index (χ2n) is 4.02. The molecule has 1 aromatic rings. The zero-order valence-corrected chi connectivity index (χ0v) is 12.2. The highest BCUT2D eigenvalue weighted by atomic mass is 32.2. The summed E-state index contributed by atoms with van der Waals surface area (Å²) >= 11 is 0. The fourth-order valence-corrected chi connectivity index (χ4v) is 3.28. The van der Waals surface area contributed by atoms with Crippen molar-refractivity contribution >= 4 is 25.8 Å². The Hall–Kier alpha value is -1.52. The van der Waals surface area contributed by atoms with Gasteiger partial charge in [0.15, 0.2) is 9.84 Å². The van der Waals surface area contributed by atoms with Gasteiger partial charge in [0.25, 0.3) is 0 Å². The summed E-state index contributed by atoms with van der Waals surface area (Å²) in [5, 5.41) is 8.55. The monoisotopic (exact) mass is 325 g/mol. The minimum Gasteiger partial charge on any atom is -0.480 e. The average Bonchev–Trinajstić information content (AvgIpc) is 2.26. The lowest BCUT2D eigenvalue weighted by Crippen LogP contribution is -2.32. The number of carboxylic acid groups (broad SMARTS) is 1. The fourth-order valence-electron chi connectivity index (χ4n) is 1.36. The molecule has 10 heteroatoms. The number of carbonyl (C=O) groups is 1. The number of nitrogens with zero attached hydrogens (tertiary/aromatic N) is 1. The van der Waals surface area contributed by atoms with Crippen LogP contribution >= 0.6 is 0 Å². The third kappa shape index (κ3) is 3.52. The number of aliphatic carboxylic acids is 1. The van der Waals surface area contributed by atoms with Gasteiger partial charge in [-0.25, -0.2) is 21.2 Å². The van der Waals surface area contributed by atoms with E-state index in [0.29, 0.717) is 16.4 Å². The maximum atomic E-state index is 13.6. The predicted octanol–water partition coefficient (Wildman–Crippen LogP) is -0.0657. The number of rotatable bonds is 5. The van der Waals surface area contributed by atoms with E-state index in [0.717, 1.165) is 19.4 Å². The lowest BCUT2D eigenvalue weighted by Gasteiger charge is -2.15. The molecule has 0 bridgehead atoms. The first-order valence-corrected chi connectivity index (χ1v) is 8.47.